The number of benzene rings is 1. The van der Waals surface area contributed by atoms with Crippen LogP contribution in [0.5, 0.6) is 0 Å². The molecule has 0 heterocycles. The maximum Gasteiger partial charge on any atom is 0.251 e. The van der Waals surface area contributed by atoms with Gasteiger partial charge in [-0.25, -0.2) is 0 Å². The van der Waals surface area contributed by atoms with Gasteiger partial charge >= 0.3 is 0 Å². The molecule has 0 bridgehead atoms. The lowest BCUT2D eigenvalue weighted by atomic mass is 9.79. The van der Waals surface area contributed by atoms with Crippen molar-refractivity contribution in [2.75, 3.05) is 6.54 Å². The van der Waals surface area contributed by atoms with Crippen LogP contribution in [0.2, 0.25) is 0 Å². The standard InChI is InChI=1S/C18H25NO2/c1-13-4-3-9-18(21,11-13)12-19-17(20)16-8-7-14-5-2-6-15(14)10-16/h7-8,10,13,21H,2-6,9,11-12H2,1H3,(H,19,20). The summed E-state index contributed by atoms with van der Waals surface area (Å²) in [6.07, 6.45) is 7.22. The molecule has 0 aromatic heterocycles. The van der Waals surface area contributed by atoms with Crippen LogP contribution in [0.25, 0.3) is 0 Å². The van der Waals surface area contributed by atoms with E-state index < -0.39 is 5.60 Å². The van der Waals surface area contributed by atoms with Crippen LogP contribution in [-0.2, 0) is 12.8 Å². The zero-order valence-electron chi connectivity index (χ0n) is 12.8. The predicted octanol–water partition coefficient (Wildman–Crippen LogP) is 2.85. The molecule has 3 rings (SSSR count). The molecule has 2 aliphatic rings. The Morgan fingerprint density at radius 1 is 1.33 bits per heavy atom. The smallest absolute Gasteiger partial charge is 0.251 e. The molecule has 0 saturated heterocycles. The zero-order chi connectivity index (χ0) is 14.9. The molecule has 1 amide bonds. The van der Waals surface area contributed by atoms with Crippen LogP contribution in [0.1, 0.15) is 60.5 Å². The molecule has 1 aromatic rings. The summed E-state index contributed by atoms with van der Waals surface area (Å²) in [6, 6.07) is 6.01. The summed E-state index contributed by atoms with van der Waals surface area (Å²) in [5, 5.41) is 13.5. The fourth-order valence-corrected chi connectivity index (χ4v) is 3.85. The number of hydrogen-bond donors (Lipinski definition) is 2. The third-order valence-electron chi connectivity index (χ3n) is 5.01. The lowest BCUT2D eigenvalue weighted by Gasteiger charge is -2.35. The molecule has 1 saturated carbocycles. The Balaban J connectivity index is 1.61. The average Bonchev–Trinajstić information content (AvgIpc) is 2.92. The van der Waals surface area contributed by atoms with E-state index in [0.29, 0.717) is 12.5 Å². The largest absolute Gasteiger partial charge is 0.388 e. The molecular weight excluding hydrogens is 262 g/mol. The highest BCUT2D eigenvalue weighted by molar-refractivity contribution is 5.94. The van der Waals surface area contributed by atoms with Gasteiger partial charge in [-0.1, -0.05) is 25.8 Å². The van der Waals surface area contributed by atoms with E-state index in [9.17, 15) is 9.90 Å². The maximum atomic E-state index is 12.3. The molecule has 2 atom stereocenters. The summed E-state index contributed by atoms with van der Waals surface area (Å²) < 4.78 is 0. The quantitative estimate of drug-likeness (QED) is 0.898. The van der Waals surface area contributed by atoms with Crippen molar-refractivity contribution in [2.45, 2.75) is 57.5 Å². The van der Waals surface area contributed by atoms with E-state index in [0.717, 1.165) is 37.7 Å². The van der Waals surface area contributed by atoms with Crippen LogP contribution < -0.4 is 5.32 Å². The van der Waals surface area contributed by atoms with Gasteiger partial charge in [0.1, 0.15) is 0 Å². The van der Waals surface area contributed by atoms with Crippen molar-refractivity contribution >= 4 is 5.91 Å². The Morgan fingerprint density at radius 3 is 2.95 bits per heavy atom. The third kappa shape index (κ3) is 3.29. The van der Waals surface area contributed by atoms with Crippen LogP contribution in [0.3, 0.4) is 0 Å². The van der Waals surface area contributed by atoms with Crippen LogP contribution in [0, 0.1) is 5.92 Å². The SMILES string of the molecule is CC1CCCC(O)(CNC(=O)c2ccc3c(c2)CCC3)C1. The summed E-state index contributed by atoms with van der Waals surface area (Å²) in [7, 11) is 0. The van der Waals surface area contributed by atoms with Gasteiger partial charge in [0.15, 0.2) is 0 Å². The van der Waals surface area contributed by atoms with Gasteiger partial charge in [0.05, 0.1) is 5.60 Å². The van der Waals surface area contributed by atoms with E-state index in [1.807, 2.05) is 12.1 Å². The van der Waals surface area contributed by atoms with Crippen LogP contribution in [0.15, 0.2) is 18.2 Å². The molecule has 0 spiro atoms. The van der Waals surface area contributed by atoms with Crippen molar-refractivity contribution in [1.82, 2.24) is 5.32 Å². The molecule has 1 fully saturated rings. The summed E-state index contributed by atoms with van der Waals surface area (Å²) >= 11 is 0. The number of hydrogen-bond acceptors (Lipinski definition) is 2. The van der Waals surface area contributed by atoms with Gasteiger partial charge in [-0.3, -0.25) is 4.79 Å². The van der Waals surface area contributed by atoms with Gasteiger partial charge in [0.25, 0.3) is 5.91 Å². The summed E-state index contributed by atoms with van der Waals surface area (Å²) in [4.78, 5) is 12.3. The second kappa shape index (κ2) is 5.80. The van der Waals surface area contributed by atoms with Crippen LogP contribution in [0.4, 0.5) is 0 Å². The minimum Gasteiger partial charge on any atom is -0.388 e. The van der Waals surface area contributed by atoms with Crippen molar-refractivity contribution in [3.8, 4) is 0 Å². The molecule has 0 aliphatic heterocycles. The summed E-state index contributed by atoms with van der Waals surface area (Å²) in [6.45, 7) is 2.54. The lowest BCUT2D eigenvalue weighted by molar-refractivity contribution is -0.0109. The topological polar surface area (TPSA) is 49.3 Å². The molecule has 3 heteroatoms. The first-order valence-electron chi connectivity index (χ1n) is 8.18. The molecule has 2 N–H and O–H groups in total. The van der Waals surface area contributed by atoms with Gasteiger partial charge in [-0.05, 0) is 61.3 Å². The third-order valence-corrected chi connectivity index (χ3v) is 5.01. The molecule has 3 nitrogen and oxygen atoms in total. The van der Waals surface area contributed by atoms with Gasteiger partial charge in [-0.2, -0.15) is 0 Å². The summed E-state index contributed by atoms with van der Waals surface area (Å²) in [5.74, 6) is 0.483. The number of fused-ring (bicyclic) bond motifs is 1. The average molecular weight is 287 g/mol. The molecule has 2 unspecified atom stereocenters. The van der Waals surface area contributed by atoms with Crippen LogP contribution >= 0.6 is 0 Å². The Hall–Kier alpha value is -1.35. The van der Waals surface area contributed by atoms with Gasteiger partial charge in [0, 0.05) is 12.1 Å². The second-order valence-corrected chi connectivity index (χ2v) is 6.95. The van der Waals surface area contributed by atoms with Gasteiger partial charge in [0.2, 0.25) is 0 Å². The van der Waals surface area contributed by atoms with E-state index in [1.54, 1.807) is 0 Å². The lowest BCUT2D eigenvalue weighted by Crippen LogP contribution is -2.45. The van der Waals surface area contributed by atoms with Gasteiger partial charge < -0.3 is 10.4 Å². The van der Waals surface area contributed by atoms with Crippen molar-refractivity contribution in [3.63, 3.8) is 0 Å². The van der Waals surface area contributed by atoms with E-state index in [2.05, 4.69) is 18.3 Å². The van der Waals surface area contributed by atoms with Crippen molar-refractivity contribution in [3.05, 3.63) is 34.9 Å². The van der Waals surface area contributed by atoms with E-state index in [-0.39, 0.29) is 5.91 Å². The van der Waals surface area contributed by atoms with Crippen LogP contribution in [-0.4, -0.2) is 23.2 Å². The number of rotatable bonds is 3. The number of aliphatic hydroxyl groups is 1. The first-order chi connectivity index (χ1) is 10.1. The van der Waals surface area contributed by atoms with Gasteiger partial charge in [-0.15, -0.1) is 0 Å². The highest BCUT2D eigenvalue weighted by atomic mass is 16.3. The monoisotopic (exact) mass is 287 g/mol. The molecule has 0 radical (unpaired) electrons. The number of nitrogens with one attached hydrogen (secondary N) is 1. The Bertz CT molecular complexity index is 540. The first kappa shape index (κ1) is 14.6. The van der Waals surface area contributed by atoms with Crippen molar-refractivity contribution in [2.24, 2.45) is 5.92 Å². The number of carbonyl (C=O) groups is 1. The zero-order valence-corrected chi connectivity index (χ0v) is 12.8. The minimum atomic E-state index is -0.718. The molecule has 21 heavy (non-hydrogen) atoms. The first-order valence-corrected chi connectivity index (χ1v) is 8.18. The molecular formula is C18H25NO2. The highest BCUT2D eigenvalue weighted by Gasteiger charge is 2.32. The van der Waals surface area contributed by atoms with Crippen molar-refractivity contribution < 1.29 is 9.90 Å². The molecule has 2 aliphatic carbocycles. The number of amides is 1. The fourth-order valence-electron chi connectivity index (χ4n) is 3.85. The highest BCUT2D eigenvalue weighted by Crippen LogP contribution is 2.31. The minimum absolute atomic E-state index is 0.0589. The Morgan fingerprint density at radius 2 is 2.14 bits per heavy atom. The fraction of sp³-hybridized carbons (Fsp3) is 0.611. The maximum absolute atomic E-state index is 12.3. The predicted molar refractivity (Wildman–Crippen MR) is 83.4 cm³/mol. The number of carbonyl (C=O) groups excluding carboxylic acids is 1. The van der Waals surface area contributed by atoms with E-state index in [1.165, 1.54) is 24.0 Å². The van der Waals surface area contributed by atoms with E-state index >= 15 is 0 Å². The Labute approximate surface area is 126 Å². The molecule has 114 valence electrons. The second-order valence-electron chi connectivity index (χ2n) is 6.95. The normalized spacial score (nSPS) is 28.2. The number of aryl methyl sites for hydroxylation is 2. The molecule has 1 aromatic carbocycles. The van der Waals surface area contributed by atoms with Crippen molar-refractivity contribution in [1.29, 1.82) is 0 Å². The van der Waals surface area contributed by atoms with E-state index in [4.69, 9.17) is 0 Å². The Kier molecular flexibility index (Phi) is 4.03. The summed E-state index contributed by atoms with van der Waals surface area (Å²) in [5.41, 5.74) is 2.70.